The highest BCUT2D eigenvalue weighted by Gasteiger charge is 2.59. The normalized spacial score (nSPS) is 17.3. The van der Waals surface area contributed by atoms with E-state index >= 15 is 8.78 Å². The van der Waals surface area contributed by atoms with Crippen LogP contribution in [0.1, 0.15) is 71.7 Å². The van der Waals surface area contributed by atoms with Crippen LogP contribution in [-0.4, -0.2) is 50.0 Å². The van der Waals surface area contributed by atoms with Crippen molar-refractivity contribution in [2.24, 2.45) is 5.41 Å². The molecule has 14 heteroatoms. The summed E-state index contributed by atoms with van der Waals surface area (Å²) in [6, 6.07) is 1.54. The number of H-pyrrole nitrogens is 1. The quantitative estimate of drug-likeness (QED) is 0.278. The highest BCUT2D eigenvalue weighted by atomic mass is 19.1. The first-order chi connectivity index (χ1) is 20.5. The van der Waals surface area contributed by atoms with Gasteiger partial charge in [-0.15, -0.1) is 0 Å². The van der Waals surface area contributed by atoms with Gasteiger partial charge in [0.2, 0.25) is 5.91 Å². The number of anilines is 1. The van der Waals surface area contributed by atoms with E-state index in [-0.39, 0.29) is 46.6 Å². The van der Waals surface area contributed by atoms with Crippen LogP contribution in [0.2, 0.25) is 0 Å². The van der Waals surface area contributed by atoms with E-state index in [0.29, 0.717) is 29.8 Å². The van der Waals surface area contributed by atoms with Crippen molar-refractivity contribution >= 4 is 17.5 Å². The number of fused-ring (bicyclic) bond motifs is 1. The Morgan fingerprint density at radius 1 is 1.09 bits per heavy atom. The van der Waals surface area contributed by atoms with Gasteiger partial charge in [0.25, 0.3) is 5.91 Å². The monoisotopic (exact) mass is 595 g/mol. The zero-order valence-electron chi connectivity index (χ0n) is 23.7. The Balaban J connectivity index is 1.39. The average molecular weight is 596 g/mol. The Labute approximate surface area is 243 Å². The van der Waals surface area contributed by atoms with E-state index in [9.17, 15) is 14.0 Å². The predicted molar refractivity (Wildman–Crippen MR) is 146 cm³/mol. The van der Waals surface area contributed by atoms with Crippen molar-refractivity contribution in [3.8, 4) is 17.0 Å². The maximum atomic E-state index is 15.4. The lowest BCUT2D eigenvalue weighted by molar-refractivity contribution is -0.119. The topological polar surface area (TPSA) is 148 Å². The molecule has 1 spiro atoms. The Morgan fingerprint density at radius 2 is 1.84 bits per heavy atom. The summed E-state index contributed by atoms with van der Waals surface area (Å²) in [7, 11) is 0. The van der Waals surface area contributed by atoms with Gasteiger partial charge in [0.05, 0.1) is 24.2 Å². The first kappa shape index (κ1) is 28.4. The fraction of sp³-hybridized carbons (Fsp3) is 0.379. The third-order valence-corrected chi connectivity index (χ3v) is 8.11. The number of carbonyl (C=O) groups excluding carboxylic acids is 2. The van der Waals surface area contributed by atoms with Gasteiger partial charge in [-0.2, -0.15) is 5.10 Å². The van der Waals surface area contributed by atoms with E-state index in [1.807, 2.05) is 0 Å². The lowest BCUT2D eigenvalue weighted by Gasteiger charge is -2.38. The first-order valence-corrected chi connectivity index (χ1v) is 13.7. The third-order valence-electron chi connectivity index (χ3n) is 8.11. The fourth-order valence-electron chi connectivity index (χ4n) is 5.79. The van der Waals surface area contributed by atoms with E-state index in [0.717, 1.165) is 18.2 Å². The molecule has 2 atom stereocenters. The van der Waals surface area contributed by atoms with Crippen LogP contribution < -0.4 is 15.4 Å². The number of hydrogen-bond acceptors (Lipinski definition) is 8. The number of aromatic amines is 1. The second-order valence-corrected chi connectivity index (χ2v) is 11.4. The Bertz CT molecular complexity index is 1730. The number of carbonyl (C=O) groups is 2. The van der Waals surface area contributed by atoms with Crippen LogP contribution in [0.25, 0.3) is 11.3 Å². The van der Waals surface area contributed by atoms with Crippen molar-refractivity contribution in [1.82, 2.24) is 30.8 Å². The molecular weight excluding hydrogens is 567 g/mol. The minimum atomic E-state index is -1.45. The number of amides is 2. The molecule has 1 aliphatic carbocycles. The van der Waals surface area contributed by atoms with Crippen molar-refractivity contribution in [3.63, 3.8) is 0 Å². The fourth-order valence-corrected chi connectivity index (χ4v) is 5.79. The number of benzene rings is 1. The van der Waals surface area contributed by atoms with E-state index < -0.39 is 46.6 Å². The average Bonchev–Trinajstić information content (AvgIpc) is 3.39. The van der Waals surface area contributed by atoms with Crippen molar-refractivity contribution in [3.05, 3.63) is 70.2 Å². The van der Waals surface area contributed by atoms with Gasteiger partial charge in [-0.25, -0.2) is 17.8 Å². The number of pyridine rings is 1. The largest absolute Gasteiger partial charge is 0.489 e. The zero-order chi connectivity index (χ0) is 30.6. The number of hydrogen-bond donors (Lipinski definition) is 3. The van der Waals surface area contributed by atoms with Crippen molar-refractivity contribution in [1.29, 1.82) is 0 Å². The predicted octanol–water partition coefficient (Wildman–Crippen LogP) is 4.71. The second-order valence-electron chi connectivity index (χ2n) is 11.4. The molecule has 0 radical (unpaired) electrons. The molecule has 4 aromatic rings. The van der Waals surface area contributed by atoms with Crippen LogP contribution in [0.3, 0.4) is 0 Å². The summed E-state index contributed by atoms with van der Waals surface area (Å²) < 4.78 is 55.9. The molecular formula is C29H28F3N7O4. The zero-order valence-corrected chi connectivity index (χ0v) is 23.7. The second kappa shape index (κ2) is 10.5. The third kappa shape index (κ3) is 4.89. The highest BCUT2D eigenvalue weighted by Crippen LogP contribution is 2.62. The number of rotatable bonds is 7. The van der Waals surface area contributed by atoms with Crippen LogP contribution >= 0.6 is 0 Å². The molecule has 1 aromatic carbocycles. The Kier molecular flexibility index (Phi) is 6.93. The summed E-state index contributed by atoms with van der Waals surface area (Å²) in [5.74, 6) is -5.46. The summed E-state index contributed by atoms with van der Waals surface area (Å²) >= 11 is 0. The van der Waals surface area contributed by atoms with Crippen molar-refractivity contribution in [2.45, 2.75) is 58.4 Å². The molecule has 2 amide bonds. The number of ether oxygens (including phenoxy) is 1. The molecule has 1 saturated carbocycles. The van der Waals surface area contributed by atoms with Gasteiger partial charge in [-0.1, -0.05) is 19.0 Å². The van der Waals surface area contributed by atoms with Gasteiger partial charge in [0, 0.05) is 40.1 Å². The Morgan fingerprint density at radius 3 is 2.49 bits per heavy atom. The van der Waals surface area contributed by atoms with E-state index in [1.54, 1.807) is 27.7 Å². The Hall–Kier alpha value is -4.75. The molecule has 6 rings (SSSR count). The van der Waals surface area contributed by atoms with Crippen LogP contribution in [0.15, 0.2) is 29.0 Å². The number of aromatic nitrogens is 5. The summed E-state index contributed by atoms with van der Waals surface area (Å²) in [6.07, 6.45) is 2.36. The summed E-state index contributed by atoms with van der Waals surface area (Å²) in [5, 5.41) is 19.6. The maximum Gasteiger partial charge on any atom is 0.276 e. The first-order valence-electron chi connectivity index (χ1n) is 13.7. The van der Waals surface area contributed by atoms with Crippen LogP contribution in [0.4, 0.5) is 18.9 Å². The SMILES string of the molecule is Cc1n[nH]c(C)c1-c1ncc(NC(=O)[C@@H](NC(=O)c2nonc2C(C)C)C2c3c(F)ccc(F)c3OCC23CC3)cc1F. The molecule has 0 bridgehead atoms. The maximum absolute atomic E-state index is 15.4. The van der Waals surface area contributed by atoms with Gasteiger partial charge in [-0.05, 0) is 44.0 Å². The van der Waals surface area contributed by atoms with Gasteiger partial charge in [0.15, 0.2) is 23.1 Å². The molecule has 1 unspecified atom stereocenters. The minimum Gasteiger partial charge on any atom is -0.489 e. The molecule has 4 heterocycles. The molecule has 3 aromatic heterocycles. The number of nitrogens with zero attached hydrogens (tertiary/aromatic N) is 4. The number of halogens is 3. The lowest BCUT2D eigenvalue weighted by Crippen LogP contribution is -2.52. The lowest BCUT2D eigenvalue weighted by atomic mass is 9.75. The molecule has 0 saturated heterocycles. The number of nitrogens with one attached hydrogen (secondary N) is 3. The van der Waals surface area contributed by atoms with Gasteiger partial charge in [0.1, 0.15) is 23.2 Å². The highest BCUT2D eigenvalue weighted by molar-refractivity contribution is 6.01. The van der Waals surface area contributed by atoms with E-state index in [4.69, 9.17) is 9.37 Å². The van der Waals surface area contributed by atoms with Gasteiger partial charge in [-0.3, -0.25) is 19.7 Å². The van der Waals surface area contributed by atoms with Crippen LogP contribution in [-0.2, 0) is 4.79 Å². The standard InChI is InChI=1S/C29H28F3N7O4/c1-12(2)22-25(39-43-38-22)28(41)35-24(21-20-16(30)5-6-17(31)26(20)42-11-29(21)7-8-29)27(40)34-15-9-18(32)23(33-10-15)19-13(3)36-37-14(19)4/h5-6,9-10,12,21,24H,7-8,11H2,1-4H3,(H,34,40)(H,35,41)(H,36,37)/t21?,24-/m0/s1. The molecule has 11 nitrogen and oxygen atoms in total. The smallest absolute Gasteiger partial charge is 0.276 e. The van der Waals surface area contributed by atoms with Crippen molar-refractivity contribution in [2.75, 3.05) is 11.9 Å². The van der Waals surface area contributed by atoms with E-state index in [1.165, 1.54) is 6.20 Å². The molecule has 3 N–H and O–H groups in total. The number of aryl methyl sites for hydroxylation is 2. The van der Waals surface area contributed by atoms with Crippen LogP contribution in [0, 0.1) is 36.7 Å². The molecule has 1 fully saturated rings. The summed E-state index contributed by atoms with van der Waals surface area (Å²) in [6.45, 7) is 7.02. The van der Waals surface area contributed by atoms with Crippen molar-refractivity contribution < 1.29 is 32.1 Å². The van der Waals surface area contributed by atoms with Gasteiger partial charge >= 0.3 is 0 Å². The minimum absolute atomic E-state index is 0.00730. The van der Waals surface area contributed by atoms with Crippen LogP contribution in [0.5, 0.6) is 5.75 Å². The molecule has 2 aliphatic rings. The summed E-state index contributed by atoms with van der Waals surface area (Å²) in [5.41, 5.74) is 0.908. The van der Waals surface area contributed by atoms with Gasteiger partial charge < -0.3 is 15.4 Å². The molecule has 224 valence electrons. The van der Waals surface area contributed by atoms with E-state index in [2.05, 4.69) is 36.1 Å². The molecule has 43 heavy (non-hydrogen) atoms. The molecule has 1 aliphatic heterocycles. The summed E-state index contributed by atoms with van der Waals surface area (Å²) in [4.78, 5) is 31.7.